The second-order valence-electron chi connectivity index (χ2n) is 3.94. The second-order valence-corrected chi connectivity index (χ2v) is 6.15. The van der Waals surface area contributed by atoms with E-state index >= 15 is 0 Å². The topological polar surface area (TPSA) is 16.1 Å². The van der Waals surface area contributed by atoms with Gasteiger partial charge in [-0.15, -0.1) is 0 Å². The van der Waals surface area contributed by atoms with Crippen LogP contribution in [0.1, 0.15) is 5.56 Å². The molecule has 0 bridgehead atoms. The molecule has 5 heteroatoms. The lowest BCUT2D eigenvalue weighted by molar-refractivity contribution is 0.893. The molecule has 0 N–H and O–H groups in total. The van der Waals surface area contributed by atoms with Crippen LogP contribution in [0.4, 0.5) is 5.82 Å². The number of benzene rings is 1. The Labute approximate surface area is 128 Å². The summed E-state index contributed by atoms with van der Waals surface area (Å²) in [5, 5.41) is 0.754. The number of aromatic nitrogens is 1. The summed E-state index contributed by atoms with van der Waals surface area (Å²) in [6, 6.07) is 9.82. The molecule has 0 unspecified atom stereocenters. The molecular formula is C13H11Br2ClN2. The van der Waals surface area contributed by atoms with Gasteiger partial charge in [0.2, 0.25) is 0 Å². The normalized spacial score (nSPS) is 10.4. The first-order chi connectivity index (χ1) is 8.56. The molecule has 0 aliphatic carbocycles. The van der Waals surface area contributed by atoms with Gasteiger partial charge in [-0.05, 0) is 55.6 Å². The lowest BCUT2D eigenvalue weighted by atomic mass is 10.2. The van der Waals surface area contributed by atoms with Crippen molar-refractivity contribution in [3.63, 3.8) is 0 Å². The Hall–Kier alpha value is -0.580. The number of hydrogen-bond acceptors (Lipinski definition) is 2. The number of anilines is 1. The molecule has 1 heterocycles. The van der Waals surface area contributed by atoms with Crippen molar-refractivity contribution in [3.8, 4) is 0 Å². The third-order valence-electron chi connectivity index (χ3n) is 2.48. The molecule has 2 aromatic rings. The van der Waals surface area contributed by atoms with Crippen LogP contribution in [0.15, 0.2) is 45.5 Å². The fourth-order valence-electron chi connectivity index (χ4n) is 1.63. The van der Waals surface area contributed by atoms with Gasteiger partial charge in [0.1, 0.15) is 5.82 Å². The van der Waals surface area contributed by atoms with Gasteiger partial charge in [0.25, 0.3) is 0 Å². The summed E-state index contributed by atoms with van der Waals surface area (Å²) in [4.78, 5) is 6.48. The number of halogens is 3. The van der Waals surface area contributed by atoms with Crippen molar-refractivity contribution in [1.82, 2.24) is 4.98 Å². The summed E-state index contributed by atoms with van der Waals surface area (Å²) in [7, 11) is 2.01. The zero-order valence-corrected chi connectivity index (χ0v) is 13.6. The van der Waals surface area contributed by atoms with Gasteiger partial charge < -0.3 is 4.90 Å². The summed E-state index contributed by atoms with van der Waals surface area (Å²) in [5.74, 6) is 0.910. The van der Waals surface area contributed by atoms with E-state index in [0.29, 0.717) is 0 Å². The fourth-order valence-corrected chi connectivity index (χ4v) is 3.04. The van der Waals surface area contributed by atoms with Crippen LogP contribution in [0, 0.1) is 0 Å². The van der Waals surface area contributed by atoms with E-state index in [4.69, 9.17) is 11.6 Å². The van der Waals surface area contributed by atoms with Gasteiger partial charge in [0, 0.05) is 29.3 Å². The fraction of sp³-hybridized carbons (Fsp3) is 0.154. The maximum atomic E-state index is 5.87. The van der Waals surface area contributed by atoms with E-state index in [9.17, 15) is 0 Å². The first-order valence-electron chi connectivity index (χ1n) is 5.33. The van der Waals surface area contributed by atoms with Crippen LogP contribution in [0.3, 0.4) is 0 Å². The molecule has 2 nitrogen and oxygen atoms in total. The predicted octanol–water partition coefficient (Wildman–Crippen LogP) is 4.90. The van der Waals surface area contributed by atoms with Crippen molar-refractivity contribution in [2.24, 2.45) is 0 Å². The molecule has 0 spiro atoms. The summed E-state index contributed by atoms with van der Waals surface area (Å²) >= 11 is 12.8. The van der Waals surface area contributed by atoms with Gasteiger partial charge in [-0.3, -0.25) is 0 Å². The van der Waals surface area contributed by atoms with Crippen molar-refractivity contribution in [3.05, 3.63) is 56.1 Å². The van der Waals surface area contributed by atoms with Crippen LogP contribution in [-0.4, -0.2) is 12.0 Å². The van der Waals surface area contributed by atoms with Crippen molar-refractivity contribution < 1.29 is 0 Å². The lowest BCUT2D eigenvalue weighted by Crippen LogP contribution is -2.18. The highest BCUT2D eigenvalue weighted by Gasteiger charge is 2.08. The Balaban J connectivity index is 2.16. The SMILES string of the molecule is CN(Cc1ccc(Cl)cc1)c1ncc(Br)cc1Br. The molecule has 18 heavy (non-hydrogen) atoms. The van der Waals surface area contributed by atoms with Crippen LogP contribution in [0.25, 0.3) is 0 Å². The van der Waals surface area contributed by atoms with Crippen LogP contribution in [0.2, 0.25) is 5.02 Å². The standard InChI is InChI=1S/C13H11Br2ClN2/c1-18(8-9-2-4-11(16)5-3-9)13-12(15)6-10(14)7-17-13/h2-7H,8H2,1H3. The van der Waals surface area contributed by atoms with E-state index in [-0.39, 0.29) is 0 Å². The van der Waals surface area contributed by atoms with E-state index in [1.54, 1.807) is 6.20 Å². The number of pyridine rings is 1. The molecule has 0 fully saturated rings. The van der Waals surface area contributed by atoms with Crippen LogP contribution >= 0.6 is 43.5 Å². The molecule has 0 aliphatic heterocycles. The van der Waals surface area contributed by atoms with Crippen molar-refractivity contribution >= 4 is 49.3 Å². The molecule has 0 radical (unpaired) electrons. The minimum Gasteiger partial charge on any atom is -0.354 e. The summed E-state index contributed by atoms with van der Waals surface area (Å²) in [6.07, 6.45) is 1.79. The smallest absolute Gasteiger partial charge is 0.142 e. The van der Waals surface area contributed by atoms with Crippen LogP contribution < -0.4 is 4.90 Å². The first-order valence-corrected chi connectivity index (χ1v) is 7.29. The summed E-state index contributed by atoms with van der Waals surface area (Å²) < 4.78 is 1.92. The maximum Gasteiger partial charge on any atom is 0.142 e. The predicted molar refractivity (Wildman–Crippen MR) is 83.2 cm³/mol. The summed E-state index contributed by atoms with van der Waals surface area (Å²) in [5.41, 5.74) is 1.19. The second kappa shape index (κ2) is 6.04. The average molecular weight is 391 g/mol. The maximum absolute atomic E-state index is 5.87. The monoisotopic (exact) mass is 388 g/mol. The van der Waals surface area contributed by atoms with Gasteiger partial charge in [0.15, 0.2) is 0 Å². The molecule has 0 amide bonds. The van der Waals surface area contributed by atoms with Crippen molar-refractivity contribution in [2.75, 3.05) is 11.9 Å². The molecule has 1 aromatic carbocycles. The minimum absolute atomic E-state index is 0.754. The van der Waals surface area contributed by atoms with Gasteiger partial charge in [-0.2, -0.15) is 0 Å². The number of nitrogens with zero attached hydrogens (tertiary/aromatic N) is 2. The van der Waals surface area contributed by atoms with E-state index in [1.807, 2.05) is 37.4 Å². The minimum atomic E-state index is 0.754. The van der Waals surface area contributed by atoms with E-state index in [0.717, 1.165) is 26.3 Å². The Morgan fingerprint density at radius 3 is 2.50 bits per heavy atom. The van der Waals surface area contributed by atoms with Gasteiger partial charge in [-0.25, -0.2) is 4.98 Å². The Morgan fingerprint density at radius 1 is 1.22 bits per heavy atom. The molecule has 94 valence electrons. The van der Waals surface area contributed by atoms with E-state index < -0.39 is 0 Å². The number of rotatable bonds is 3. The molecular weight excluding hydrogens is 379 g/mol. The highest BCUT2D eigenvalue weighted by Crippen LogP contribution is 2.27. The third-order valence-corrected chi connectivity index (χ3v) is 3.75. The Morgan fingerprint density at radius 2 is 1.89 bits per heavy atom. The van der Waals surface area contributed by atoms with Gasteiger partial charge in [0.05, 0.1) is 4.47 Å². The Kier molecular flexibility index (Phi) is 4.65. The van der Waals surface area contributed by atoms with E-state index in [2.05, 4.69) is 41.7 Å². The first kappa shape index (κ1) is 13.8. The molecule has 1 aromatic heterocycles. The molecule has 0 saturated carbocycles. The van der Waals surface area contributed by atoms with Crippen LogP contribution in [-0.2, 0) is 6.54 Å². The van der Waals surface area contributed by atoms with E-state index in [1.165, 1.54) is 5.56 Å². The Bertz CT molecular complexity index is 543. The van der Waals surface area contributed by atoms with Gasteiger partial charge in [-0.1, -0.05) is 23.7 Å². The highest BCUT2D eigenvalue weighted by molar-refractivity contribution is 9.11. The van der Waals surface area contributed by atoms with Crippen molar-refractivity contribution in [2.45, 2.75) is 6.54 Å². The largest absolute Gasteiger partial charge is 0.354 e. The molecule has 0 atom stereocenters. The molecule has 0 saturated heterocycles. The third kappa shape index (κ3) is 3.46. The average Bonchev–Trinajstić information content (AvgIpc) is 2.32. The van der Waals surface area contributed by atoms with Gasteiger partial charge >= 0.3 is 0 Å². The molecule has 2 rings (SSSR count). The number of hydrogen-bond donors (Lipinski definition) is 0. The zero-order valence-electron chi connectivity index (χ0n) is 9.70. The lowest BCUT2D eigenvalue weighted by Gasteiger charge is -2.19. The molecule has 0 aliphatic rings. The quantitative estimate of drug-likeness (QED) is 0.741. The highest BCUT2D eigenvalue weighted by atomic mass is 79.9. The summed E-state index contributed by atoms with van der Waals surface area (Å²) in [6.45, 7) is 0.782. The van der Waals surface area contributed by atoms with Crippen LogP contribution in [0.5, 0.6) is 0 Å². The van der Waals surface area contributed by atoms with Crippen molar-refractivity contribution in [1.29, 1.82) is 0 Å². The zero-order chi connectivity index (χ0) is 13.1.